The van der Waals surface area contributed by atoms with Crippen molar-refractivity contribution in [2.75, 3.05) is 5.75 Å². The molecule has 0 unspecified atom stereocenters. The average molecular weight is 241 g/mol. The molecule has 15 heavy (non-hydrogen) atoms. The van der Waals surface area contributed by atoms with Crippen LogP contribution in [0, 0.1) is 6.92 Å². The van der Waals surface area contributed by atoms with E-state index in [4.69, 9.17) is 0 Å². The molecule has 1 aromatic rings. The molecule has 0 aliphatic carbocycles. The van der Waals surface area contributed by atoms with E-state index in [0.717, 1.165) is 28.3 Å². The minimum Gasteiger partial charge on any atom is -0.506 e. The highest BCUT2D eigenvalue weighted by molar-refractivity contribution is 8.76. The molecular weight excluding hydrogens is 226 g/mol. The van der Waals surface area contributed by atoms with Gasteiger partial charge in [-0.15, -0.1) is 0 Å². The van der Waals surface area contributed by atoms with Gasteiger partial charge in [0.05, 0.1) is 5.69 Å². The van der Waals surface area contributed by atoms with Crippen LogP contribution in [-0.2, 0) is 5.75 Å². The van der Waals surface area contributed by atoms with Crippen LogP contribution in [0.2, 0.25) is 0 Å². The molecule has 0 saturated heterocycles. The van der Waals surface area contributed by atoms with E-state index in [2.05, 4.69) is 18.5 Å². The number of rotatable bonds is 5. The van der Waals surface area contributed by atoms with Gasteiger partial charge in [0.1, 0.15) is 5.75 Å². The summed E-state index contributed by atoms with van der Waals surface area (Å²) in [5.41, 5.74) is 2.51. The van der Waals surface area contributed by atoms with Crippen LogP contribution in [0.3, 0.4) is 0 Å². The fourth-order valence-corrected chi connectivity index (χ4v) is 2.81. The lowest BCUT2D eigenvalue weighted by molar-refractivity contribution is 0.462. The zero-order chi connectivity index (χ0) is 11.3. The molecule has 0 spiro atoms. The zero-order valence-electron chi connectivity index (χ0n) is 8.99. The van der Waals surface area contributed by atoms with Crippen molar-refractivity contribution >= 4 is 27.7 Å². The molecule has 0 aliphatic heterocycles. The number of pyridine rings is 1. The number of aromatic nitrogens is 1. The molecule has 1 N–H and O–H groups in total. The third-order valence-electron chi connectivity index (χ3n) is 2.04. The Balaban J connectivity index is 2.82. The lowest BCUT2D eigenvalue weighted by atomic mass is 10.1. The van der Waals surface area contributed by atoms with Crippen molar-refractivity contribution < 1.29 is 5.11 Å². The Bertz CT molecular complexity index is 353. The second kappa shape index (κ2) is 6.08. The van der Waals surface area contributed by atoms with Crippen molar-refractivity contribution in [1.82, 2.24) is 4.98 Å². The molecule has 1 aromatic heterocycles. The SMILES string of the molecule is C=Cc1cnc(CSSCC)c(O)c1C. The predicted octanol–water partition coefficient (Wildman–Crippen LogP) is 3.64. The van der Waals surface area contributed by atoms with Crippen LogP contribution < -0.4 is 0 Å². The van der Waals surface area contributed by atoms with Crippen LogP contribution in [0.1, 0.15) is 23.7 Å². The summed E-state index contributed by atoms with van der Waals surface area (Å²) < 4.78 is 0. The topological polar surface area (TPSA) is 33.1 Å². The average Bonchev–Trinajstić information content (AvgIpc) is 2.25. The van der Waals surface area contributed by atoms with Gasteiger partial charge in [0.25, 0.3) is 0 Å². The number of hydrogen-bond acceptors (Lipinski definition) is 4. The lowest BCUT2D eigenvalue weighted by Gasteiger charge is -2.07. The lowest BCUT2D eigenvalue weighted by Crippen LogP contribution is -1.92. The minimum atomic E-state index is 0.302. The minimum absolute atomic E-state index is 0.302. The van der Waals surface area contributed by atoms with Crippen LogP contribution >= 0.6 is 21.6 Å². The van der Waals surface area contributed by atoms with Crippen molar-refractivity contribution in [3.8, 4) is 5.75 Å². The fraction of sp³-hybridized carbons (Fsp3) is 0.364. The molecule has 1 rings (SSSR count). The molecule has 1 heterocycles. The van der Waals surface area contributed by atoms with Gasteiger partial charge in [0.2, 0.25) is 0 Å². The second-order valence-electron chi connectivity index (χ2n) is 3.01. The second-order valence-corrected chi connectivity index (χ2v) is 5.76. The molecule has 82 valence electrons. The highest BCUT2D eigenvalue weighted by Gasteiger charge is 2.08. The maximum atomic E-state index is 9.88. The fourth-order valence-electron chi connectivity index (χ4n) is 1.15. The summed E-state index contributed by atoms with van der Waals surface area (Å²) in [6.07, 6.45) is 3.47. The standard InChI is InChI=1S/C11H15NOS2/c1-4-9-6-12-10(7-15-14-5-2)11(13)8(9)3/h4,6,13H,1,5,7H2,2-3H3. The van der Waals surface area contributed by atoms with Crippen molar-refractivity contribution in [1.29, 1.82) is 0 Å². The van der Waals surface area contributed by atoms with Gasteiger partial charge in [-0.05, 0) is 12.5 Å². The smallest absolute Gasteiger partial charge is 0.141 e. The third-order valence-corrected chi connectivity index (χ3v) is 4.39. The molecule has 0 radical (unpaired) electrons. The highest BCUT2D eigenvalue weighted by Crippen LogP contribution is 2.31. The van der Waals surface area contributed by atoms with Gasteiger partial charge >= 0.3 is 0 Å². The van der Waals surface area contributed by atoms with Gasteiger partial charge in [0.15, 0.2) is 0 Å². The maximum absolute atomic E-state index is 9.88. The Morgan fingerprint density at radius 1 is 1.53 bits per heavy atom. The van der Waals surface area contributed by atoms with E-state index in [1.807, 2.05) is 6.92 Å². The first-order valence-electron chi connectivity index (χ1n) is 4.75. The van der Waals surface area contributed by atoms with E-state index >= 15 is 0 Å². The van der Waals surface area contributed by atoms with Crippen LogP contribution in [0.25, 0.3) is 6.08 Å². The maximum Gasteiger partial charge on any atom is 0.141 e. The van der Waals surface area contributed by atoms with E-state index in [-0.39, 0.29) is 0 Å². The molecule has 0 aromatic carbocycles. The number of nitrogens with zero attached hydrogens (tertiary/aromatic N) is 1. The molecule has 0 atom stereocenters. The predicted molar refractivity (Wildman–Crippen MR) is 70.2 cm³/mol. The van der Waals surface area contributed by atoms with Crippen LogP contribution in [0.4, 0.5) is 0 Å². The van der Waals surface area contributed by atoms with Gasteiger partial charge in [-0.2, -0.15) is 0 Å². The van der Waals surface area contributed by atoms with Crippen molar-refractivity contribution in [3.63, 3.8) is 0 Å². The summed E-state index contributed by atoms with van der Waals surface area (Å²) in [7, 11) is 3.48. The van der Waals surface area contributed by atoms with Crippen molar-refractivity contribution in [2.45, 2.75) is 19.6 Å². The van der Waals surface area contributed by atoms with Gasteiger partial charge in [0, 0.05) is 23.3 Å². The molecule has 0 aliphatic rings. The summed E-state index contributed by atoms with van der Waals surface area (Å²) in [6.45, 7) is 7.67. The first-order chi connectivity index (χ1) is 7.20. The van der Waals surface area contributed by atoms with Gasteiger partial charge < -0.3 is 5.11 Å². The number of hydrogen-bond donors (Lipinski definition) is 1. The highest BCUT2D eigenvalue weighted by atomic mass is 33.1. The van der Waals surface area contributed by atoms with Gasteiger partial charge in [-0.3, -0.25) is 4.98 Å². The third kappa shape index (κ3) is 3.18. The number of aromatic hydroxyl groups is 1. The molecule has 0 bridgehead atoms. The molecule has 0 amide bonds. The molecule has 4 heteroatoms. The molecule has 2 nitrogen and oxygen atoms in total. The van der Waals surface area contributed by atoms with E-state index in [1.54, 1.807) is 33.9 Å². The van der Waals surface area contributed by atoms with E-state index in [1.165, 1.54) is 0 Å². The van der Waals surface area contributed by atoms with Crippen LogP contribution in [-0.4, -0.2) is 15.8 Å². The summed E-state index contributed by atoms with van der Waals surface area (Å²) in [4.78, 5) is 4.23. The van der Waals surface area contributed by atoms with E-state index in [0.29, 0.717) is 5.75 Å². The van der Waals surface area contributed by atoms with E-state index < -0.39 is 0 Å². The Morgan fingerprint density at radius 2 is 2.27 bits per heavy atom. The normalized spacial score (nSPS) is 10.3. The summed E-state index contributed by atoms with van der Waals surface area (Å²) in [5.74, 6) is 2.11. The van der Waals surface area contributed by atoms with Crippen LogP contribution in [0.15, 0.2) is 12.8 Å². The Kier molecular flexibility index (Phi) is 5.05. The zero-order valence-corrected chi connectivity index (χ0v) is 10.6. The molecule has 0 fully saturated rings. The first-order valence-corrected chi connectivity index (χ1v) is 7.23. The van der Waals surface area contributed by atoms with Crippen molar-refractivity contribution in [3.05, 3.63) is 29.6 Å². The van der Waals surface area contributed by atoms with Gasteiger partial charge in [-0.25, -0.2) is 0 Å². The van der Waals surface area contributed by atoms with Crippen LogP contribution in [0.5, 0.6) is 5.75 Å². The largest absolute Gasteiger partial charge is 0.506 e. The summed E-state index contributed by atoms with van der Waals surface area (Å²) in [5, 5.41) is 9.88. The van der Waals surface area contributed by atoms with E-state index in [9.17, 15) is 5.11 Å². The molecular formula is C11H15NOS2. The monoisotopic (exact) mass is 241 g/mol. The summed E-state index contributed by atoms with van der Waals surface area (Å²) >= 11 is 0. The van der Waals surface area contributed by atoms with Gasteiger partial charge in [-0.1, -0.05) is 41.2 Å². The summed E-state index contributed by atoms with van der Waals surface area (Å²) in [6, 6.07) is 0. The Labute approximate surface area is 98.6 Å². The first kappa shape index (κ1) is 12.5. The molecule has 0 saturated carbocycles. The Hall–Kier alpha value is -0.610. The Morgan fingerprint density at radius 3 is 2.87 bits per heavy atom. The van der Waals surface area contributed by atoms with Crippen molar-refractivity contribution in [2.24, 2.45) is 0 Å². The quantitative estimate of drug-likeness (QED) is 0.630.